The van der Waals surface area contributed by atoms with Gasteiger partial charge in [0.2, 0.25) is 0 Å². The van der Waals surface area contributed by atoms with E-state index in [4.69, 9.17) is 14.7 Å². The summed E-state index contributed by atoms with van der Waals surface area (Å²) in [6, 6.07) is 15.9. The summed E-state index contributed by atoms with van der Waals surface area (Å²) in [7, 11) is 1.50. The Morgan fingerprint density at radius 2 is 1.88 bits per heavy atom. The molecule has 0 fully saturated rings. The second-order valence-corrected chi connectivity index (χ2v) is 5.60. The van der Waals surface area contributed by atoms with Gasteiger partial charge in [0.1, 0.15) is 5.75 Å². The van der Waals surface area contributed by atoms with Crippen LogP contribution in [0.3, 0.4) is 0 Å². The van der Waals surface area contributed by atoms with Crippen molar-refractivity contribution in [3.8, 4) is 11.8 Å². The highest BCUT2D eigenvalue weighted by molar-refractivity contribution is 5.97. The quantitative estimate of drug-likeness (QED) is 0.715. The zero-order valence-corrected chi connectivity index (χ0v) is 14.8. The topological polar surface area (TPSA) is 79.6 Å². The first-order valence-electron chi connectivity index (χ1n) is 8.10. The number of carbonyl (C=O) groups is 2. The number of anilines is 1. The highest BCUT2D eigenvalue weighted by Crippen LogP contribution is 2.17. The largest absolute Gasteiger partial charge is 0.497 e. The van der Waals surface area contributed by atoms with E-state index in [1.165, 1.54) is 12.0 Å². The molecule has 0 atom stereocenters. The SMILES string of the molecule is COc1cccc(C(=O)OCC(=O)N(CCC#N)c2ccc(C)cc2)c1. The van der Waals surface area contributed by atoms with Crippen molar-refractivity contribution in [3.63, 3.8) is 0 Å². The third-order valence-electron chi connectivity index (χ3n) is 3.73. The average Bonchev–Trinajstić information content (AvgIpc) is 2.67. The lowest BCUT2D eigenvalue weighted by molar-refractivity contribution is -0.121. The molecule has 2 aromatic carbocycles. The Hall–Kier alpha value is -3.33. The number of methoxy groups -OCH3 is 1. The molecule has 26 heavy (non-hydrogen) atoms. The van der Waals surface area contributed by atoms with Crippen LogP contribution < -0.4 is 9.64 Å². The number of esters is 1. The lowest BCUT2D eigenvalue weighted by atomic mass is 10.2. The van der Waals surface area contributed by atoms with Crippen LogP contribution in [0.15, 0.2) is 48.5 Å². The Morgan fingerprint density at radius 3 is 2.54 bits per heavy atom. The molecule has 6 nitrogen and oxygen atoms in total. The van der Waals surface area contributed by atoms with Crippen molar-refractivity contribution >= 4 is 17.6 Å². The van der Waals surface area contributed by atoms with Gasteiger partial charge >= 0.3 is 5.97 Å². The molecular formula is C20H20N2O4. The number of rotatable bonds is 7. The minimum atomic E-state index is -0.610. The maximum Gasteiger partial charge on any atom is 0.338 e. The molecule has 6 heteroatoms. The first kappa shape index (κ1) is 19.0. The molecule has 1 amide bonds. The number of nitrogens with zero attached hydrogens (tertiary/aromatic N) is 2. The van der Waals surface area contributed by atoms with Gasteiger partial charge in [-0.3, -0.25) is 4.79 Å². The van der Waals surface area contributed by atoms with Crippen LogP contribution in [0.4, 0.5) is 5.69 Å². The molecule has 0 unspecified atom stereocenters. The first-order chi connectivity index (χ1) is 12.5. The lowest BCUT2D eigenvalue weighted by Crippen LogP contribution is -2.35. The number of benzene rings is 2. The van der Waals surface area contributed by atoms with Gasteiger partial charge in [0, 0.05) is 12.2 Å². The van der Waals surface area contributed by atoms with E-state index in [2.05, 4.69) is 0 Å². The summed E-state index contributed by atoms with van der Waals surface area (Å²) in [4.78, 5) is 26.1. The van der Waals surface area contributed by atoms with Crippen LogP contribution in [0, 0.1) is 18.3 Å². The number of ether oxygens (including phenoxy) is 2. The molecule has 0 spiro atoms. The summed E-state index contributed by atoms with van der Waals surface area (Å²) in [5.74, 6) is -0.470. The molecule has 134 valence electrons. The summed E-state index contributed by atoms with van der Waals surface area (Å²) < 4.78 is 10.2. The molecule has 0 saturated heterocycles. The molecule has 0 aromatic heterocycles. The van der Waals surface area contributed by atoms with E-state index in [-0.39, 0.29) is 18.9 Å². The van der Waals surface area contributed by atoms with Gasteiger partial charge < -0.3 is 14.4 Å². The van der Waals surface area contributed by atoms with Gasteiger partial charge in [-0.1, -0.05) is 23.8 Å². The number of carbonyl (C=O) groups excluding carboxylic acids is 2. The maximum absolute atomic E-state index is 12.5. The van der Waals surface area contributed by atoms with E-state index in [0.717, 1.165) is 5.56 Å². The maximum atomic E-state index is 12.5. The van der Waals surface area contributed by atoms with Crippen molar-refractivity contribution in [2.45, 2.75) is 13.3 Å². The molecule has 0 radical (unpaired) electrons. The Balaban J connectivity index is 2.05. The van der Waals surface area contributed by atoms with Gasteiger partial charge in [0.25, 0.3) is 5.91 Å². The van der Waals surface area contributed by atoms with E-state index in [9.17, 15) is 9.59 Å². The van der Waals surface area contributed by atoms with Crippen LogP contribution in [0.25, 0.3) is 0 Å². The number of hydrogen-bond acceptors (Lipinski definition) is 5. The van der Waals surface area contributed by atoms with Crippen molar-refractivity contribution in [1.82, 2.24) is 0 Å². The Morgan fingerprint density at radius 1 is 1.15 bits per heavy atom. The molecule has 0 saturated carbocycles. The second kappa shape index (κ2) is 9.23. The second-order valence-electron chi connectivity index (χ2n) is 5.60. The predicted octanol–water partition coefficient (Wildman–Crippen LogP) is 3.11. The normalized spacial score (nSPS) is 9.88. The highest BCUT2D eigenvalue weighted by Gasteiger charge is 2.18. The fourth-order valence-electron chi connectivity index (χ4n) is 2.32. The monoisotopic (exact) mass is 352 g/mol. The molecule has 2 rings (SSSR count). The van der Waals surface area contributed by atoms with E-state index in [0.29, 0.717) is 17.0 Å². The van der Waals surface area contributed by atoms with E-state index >= 15 is 0 Å². The molecule has 0 heterocycles. The van der Waals surface area contributed by atoms with Crippen molar-refractivity contribution in [3.05, 3.63) is 59.7 Å². The average molecular weight is 352 g/mol. The lowest BCUT2D eigenvalue weighted by Gasteiger charge is -2.21. The van der Waals surface area contributed by atoms with Crippen LogP contribution in [0.1, 0.15) is 22.3 Å². The molecule has 0 aliphatic rings. The molecule has 0 N–H and O–H groups in total. The molecular weight excluding hydrogens is 332 g/mol. The minimum absolute atomic E-state index is 0.184. The van der Waals surface area contributed by atoms with Gasteiger partial charge in [0.15, 0.2) is 6.61 Å². The summed E-state index contributed by atoms with van der Waals surface area (Å²) in [5.41, 5.74) is 2.02. The summed E-state index contributed by atoms with van der Waals surface area (Å²) in [6.07, 6.45) is 0.184. The number of hydrogen-bond donors (Lipinski definition) is 0. The predicted molar refractivity (Wildman–Crippen MR) is 97.0 cm³/mol. The summed E-state index contributed by atoms with van der Waals surface area (Å²) in [5, 5.41) is 8.82. The van der Waals surface area contributed by atoms with Gasteiger partial charge in [-0.25, -0.2) is 4.79 Å². The third kappa shape index (κ3) is 5.08. The van der Waals surface area contributed by atoms with Gasteiger partial charge in [-0.05, 0) is 37.3 Å². The summed E-state index contributed by atoms with van der Waals surface area (Å²) >= 11 is 0. The molecule has 0 bridgehead atoms. The van der Waals surface area contributed by atoms with Crippen molar-refractivity contribution in [2.75, 3.05) is 25.2 Å². The van der Waals surface area contributed by atoms with E-state index in [1.807, 2.05) is 25.1 Å². The van der Waals surface area contributed by atoms with E-state index in [1.54, 1.807) is 36.4 Å². The van der Waals surface area contributed by atoms with Crippen LogP contribution in [-0.4, -0.2) is 32.1 Å². The van der Waals surface area contributed by atoms with Gasteiger partial charge in [-0.15, -0.1) is 0 Å². The van der Waals surface area contributed by atoms with Crippen molar-refractivity contribution < 1.29 is 19.1 Å². The highest BCUT2D eigenvalue weighted by atomic mass is 16.5. The molecule has 2 aromatic rings. The fourth-order valence-corrected chi connectivity index (χ4v) is 2.32. The van der Waals surface area contributed by atoms with Crippen LogP contribution in [0.5, 0.6) is 5.75 Å². The fraction of sp³-hybridized carbons (Fsp3) is 0.250. The zero-order valence-electron chi connectivity index (χ0n) is 14.8. The van der Waals surface area contributed by atoms with Gasteiger partial charge in [0.05, 0.1) is 25.2 Å². The number of amides is 1. The van der Waals surface area contributed by atoms with Crippen LogP contribution >= 0.6 is 0 Å². The Bertz CT molecular complexity index is 809. The molecule has 0 aliphatic carbocycles. The summed E-state index contributed by atoms with van der Waals surface area (Å²) in [6.45, 7) is 1.77. The Labute approximate surface area is 152 Å². The number of aryl methyl sites for hydroxylation is 1. The first-order valence-corrected chi connectivity index (χ1v) is 8.10. The van der Waals surface area contributed by atoms with E-state index < -0.39 is 12.6 Å². The zero-order chi connectivity index (χ0) is 18.9. The minimum Gasteiger partial charge on any atom is -0.497 e. The van der Waals surface area contributed by atoms with Crippen molar-refractivity contribution in [2.24, 2.45) is 0 Å². The number of nitriles is 1. The van der Waals surface area contributed by atoms with Crippen LogP contribution in [-0.2, 0) is 9.53 Å². The van der Waals surface area contributed by atoms with Crippen molar-refractivity contribution in [1.29, 1.82) is 5.26 Å². The standard InChI is InChI=1S/C20H20N2O4/c1-15-7-9-17(10-8-15)22(12-4-11-21)19(23)14-26-20(24)16-5-3-6-18(13-16)25-2/h3,5-10,13H,4,12,14H2,1-2H3. The van der Waals surface area contributed by atoms with Crippen LogP contribution in [0.2, 0.25) is 0 Å². The molecule has 0 aliphatic heterocycles. The Kier molecular flexibility index (Phi) is 6.75. The van der Waals surface area contributed by atoms with Gasteiger partial charge in [-0.2, -0.15) is 5.26 Å². The third-order valence-corrected chi connectivity index (χ3v) is 3.73. The smallest absolute Gasteiger partial charge is 0.338 e.